The summed E-state index contributed by atoms with van der Waals surface area (Å²) >= 11 is 0. The van der Waals surface area contributed by atoms with Crippen LogP contribution in [-0.2, 0) is 55.0 Å². The van der Waals surface area contributed by atoms with E-state index in [4.69, 9.17) is 45.9 Å². The topological polar surface area (TPSA) is 307 Å². The van der Waals surface area contributed by atoms with Crippen molar-refractivity contribution in [3.05, 3.63) is 71.6 Å². The number of phosphoric ester groups is 1. The van der Waals surface area contributed by atoms with Crippen LogP contribution < -0.4 is 10.9 Å². The minimum atomic E-state index is -4.94. The molecule has 3 N–H and O–H groups in total. The number of ether oxygens (including phenoxy) is 4. The number of phosphoric acid groups is 1. The molecule has 4 aromatic heterocycles. The summed E-state index contributed by atoms with van der Waals surface area (Å²) in [5.41, 5.74) is 0.476. The Morgan fingerprint density at radius 2 is 1.49 bits per heavy atom. The zero-order valence-corrected chi connectivity index (χ0v) is 48.1. The van der Waals surface area contributed by atoms with Gasteiger partial charge in [0.25, 0.3) is 11.5 Å². The van der Waals surface area contributed by atoms with Crippen LogP contribution >= 0.6 is 16.1 Å². The average molecular weight is 1130 g/mol. The molecule has 1 amide bonds. The number of H-pyrrole nitrogens is 1. The second-order valence-corrected chi connectivity index (χ2v) is 33.7. The van der Waals surface area contributed by atoms with E-state index in [2.05, 4.69) is 69.1 Å². The quantitative estimate of drug-likeness (QED) is 0.0363. The SMILES string of the molecule is CC(C)(C)[Si](C)(C)O[C@@H]1C(CO[PH](=O)O)OC(n2cnc3c(NC(=O)c4ccccc4)ncnc32)[C@@H]1OP(=O)(OCCC#N)OCC1OC(n2cnc3c(=O)[nH]cnc32)[C@H](OC2CCCCO2)[C@@H]1O[Si](C)(C)C(C)(C)C. The van der Waals surface area contributed by atoms with Crippen LogP contribution in [0.25, 0.3) is 22.3 Å². The number of nitriles is 1. The number of imidazole rings is 2. The van der Waals surface area contributed by atoms with Gasteiger partial charge in [0.15, 0.2) is 63.5 Å². The first-order chi connectivity index (χ1) is 35.9. The molecule has 76 heavy (non-hydrogen) atoms. The molecule has 25 nitrogen and oxygen atoms in total. The lowest BCUT2D eigenvalue weighted by Crippen LogP contribution is -2.51. The van der Waals surface area contributed by atoms with Crippen molar-refractivity contribution >= 4 is 66.8 Å². The maximum Gasteiger partial charge on any atom is 0.475 e. The summed E-state index contributed by atoms with van der Waals surface area (Å²) in [4.78, 5) is 61.0. The van der Waals surface area contributed by atoms with Gasteiger partial charge in [0.05, 0.1) is 51.3 Å². The lowest BCUT2D eigenvalue weighted by molar-refractivity contribution is -0.214. The van der Waals surface area contributed by atoms with Crippen LogP contribution in [0.2, 0.25) is 36.3 Å². The van der Waals surface area contributed by atoms with Crippen LogP contribution in [-0.4, -0.2) is 136 Å². The van der Waals surface area contributed by atoms with Crippen LogP contribution in [0.5, 0.6) is 0 Å². The number of benzene rings is 1. The standard InChI is InChI=1S/C47H68N10O15P2Si2/c1-46(2,3)75(7,8)71-35-31(68-44(37(35)69-32-19-14-15-21-63-32)57-28-54-34-41(57)51-26-52-43(34)59)24-66-74(62,65-22-16-20-48)70-38-36(72-76(9,10)47(4,5)6)30(23-64-73(60)61)67-45(38)56-27-53-33-39(49-25-50-40(33)56)55-42(58)29-17-12-11-13-18-29/h11-13,17-18,25-28,30-32,35-38,44-45,73H,14-16,19,21-24H2,1-10H3,(H,60,61)(H,51,52,59)(H,49,50,55,58)/t30?,31?,32?,35-,36-,37-,38-,44?,45?,74?/m1/s1. The van der Waals surface area contributed by atoms with Crippen molar-refractivity contribution < 1.29 is 64.7 Å². The van der Waals surface area contributed by atoms with Gasteiger partial charge in [-0.15, -0.1) is 0 Å². The molecule has 0 aliphatic carbocycles. The zero-order valence-electron chi connectivity index (χ0n) is 44.2. The van der Waals surface area contributed by atoms with Gasteiger partial charge in [0, 0.05) is 12.2 Å². The monoisotopic (exact) mass is 1130 g/mol. The number of carbonyl (C=O) groups is 1. The van der Waals surface area contributed by atoms with Gasteiger partial charge in [0.1, 0.15) is 43.0 Å². The van der Waals surface area contributed by atoms with Gasteiger partial charge < -0.3 is 47.5 Å². The van der Waals surface area contributed by atoms with E-state index in [9.17, 15) is 24.3 Å². The number of aromatic amines is 1. The number of carbonyl (C=O) groups excluding carboxylic acids is 1. The summed E-state index contributed by atoms with van der Waals surface area (Å²) in [6, 6.07) is 10.5. The molecule has 7 unspecified atom stereocenters. The van der Waals surface area contributed by atoms with Crippen molar-refractivity contribution in [2.24, 2.45) is 0 Å². The second-order valence-electron chi connectivity index (χ2n) is 21.8. The maximum absolute atomic E-state index is 15.8. The number of hydrogen-bond acceptors (Lipinski definition) is 20. The second kappa shape index (κ2) is 23.5. The summed E-state index contributed by atoms with van der Waals surface area (Å²) in [7, 11) is -14.1. The van der Waals surface area contributed by atoms with Crippen molar-refractivity contribution in [2.45, 2.75) is 159 Å². The van der Waals surface area contributed by atoms with Crippen LogP contribution in [0.4, 0.5) is 5.82 Å². The molecule has 8 rings (SSSR count). The van der Waals surface area contributed by atoms with Gasteiger partial charge in [-0.3, -0.25) is 36.9 Å². The number of nitrogens with one attached hydrogen (secondary N) is 2. The largest absolute Gasteiger partial charge is 0.475 e. The van der Waals surface area contributed by atoms with Crippen molar-refractivity contribution in [3.63, 3.8) is 0 Å². The van der Waals surface area contributed by atoms with E-state index in [0.717, 1.165) is 12.8 Å². The number of rotatable bonds is 21. The first-order valence-electron chi connectivity index (χ1n) is 25.1. The van der Waals surface area contributed by atoms with E-state index in [1.165, 1.54) is 29.9 Å². The first-order valence-corrected chi connectivity index (χ1v) is 33.6. The van der Waals surface area contributed by atoms with Crippen molar-refractivity contribution in [1.82, 2.24) is 39.0 Å². The normalized spacial score (nSPS) is 25.9. The molecular weight excluding hydrogens is 1060 g/mol. The molecule has 3 aliphatic rings. The molecule has 7 heterocycles. The number of hydrogen-bond donors (Lipinski definition) is 3. The Hall–Kier alpha value is -4.47. The third kappa shape index (κ3) is 12.8. The van der Waals surface area contributed by atoms with Gasteiger partial charge in [-0.05, 0) is 67.7 Å². The van der Waals surface area contributed by atoms with Gasteiger partial charge in [-0.25, -0.2) is 29.5 Å². The molecule has 29 heteroatoms. The Balaban J connectivity index is 1.20. The van der Waals surface area contributed by atoms with Crippen molar-refractivity contribution in [2.75, 3.05) is 31.7 Å². The Labute approximate surface area is 442 Å². The van der Waals surface area contributed by atoms with Gasteiger partial charge >= 0.3 is 16.1 Å². The minimum Gasteiger partial charge on any atom is -0.408 e. The lowest BCUT2D eigenvalue weighted by atomic mass is 10.1. The van der Waals surface area contributed by atoms with E-state index in [-0.39, 0.29) is 39.6 Å². The number of anilines is 1. The molecule has 1 aromatic carbocycles. The van der Waals surface area contributed by atoms with Gasteiger partial charge in [0.2, 0.25) is 0 Å². The zero-order chi connectivity index (χ0) is 54.8. The number of fused-ring (bicyclic) bond motifs is 2. The van der Waals surface area contributed by atoms with Crippen LogP contribution in [0.15, 0.2) is 60.4 Å². The molecule has 0 bridgehead atoms. The number of amides is 1. The van der Waals surface area contributed by atoms with E-state index in [0.29, 0.717) is 18.6 Å². The van der Waals surface area contributed by atoms with E-state index < -0.39 is 124 Å². The number of aromatic nitrogens is 8. The van der Waals surface area contributed by atoms with Crippen molar-refractivity contribution in [3.8, 4) is 6.07 Å². The van der Waals surface area contributed by atoms with E-state index in [1.54, 1.807) is 34.9 Å². The minimum absolute atomic E-state index is 0.0624. The summed E-state index contributed by atoms with van der Waals surface area (Å²) in [6.45, 7) is 19.5. The Morgan fingerprint density at radius 1 is 0.868 bits per heavy atom. The summed E-state index contributed by atoms with van der Waals surface area (Å²) < 4.78 is 96.1. The summed E-state index contributed by atoms with van der Waals surface area (Å²) in [6.07, 6.45) is -2.42. The fourth-order valence-corrected chi connectivity index (χ4v) is 12.7. The predicted octanol–water partition coefficient (Wildman–Crippen LogP) is 7.54. The Bertz CT molecular complexity index is 3000. The fourth-order valence-electron chi connectivity index (χ4n) is 8.42. The van der Waals surface area contributed by atoms with Gasteiger partial charge in [-0.2, -0.15) is 5.26 Å². The summed E-state index contributed by atoms with van der Waals surface area (Å²) in [5.74, 6) is -0.386. The third-order valence-corrected chi connectivity index (χ3v) is 25.3. The Kier molecular flexibility index (Phi) is 17.8. The predicted molar refractivity (Wildman–Crippen MR) is 280 cm³/mol. The first kappa shape index (κ1) is 57.7. The molecule has 11 atom stereocenters. The van der Waals surface area contributed by atoms with E-state index >= 15 is 4.57 Å². The molecule has 0 radical (unpaired) electrons. The highest BCUT2D eigenvalue weighted by atomic mass is 31.2. The molecule has 3 aliphatic heterocycles. The van der Waals surface area contributed by atoms with E-state index in [1.807, 2.05) is 39.9 Å². The number of nitrogens with zero attached hydrogens (tertiary/aromatic N) is 8. The highest BCUT2D eigenvalue weighted by Crippen LogP contribution is 2.56. The molecule has 0 spiro atoms. The molecule has 0 saturated carbocycles. The maximum atomic E-state index is 15.8. The summed E-state index contributed by atoms with van der Waals surface area (Å²) in [5, 5.41) is 11.7. The molecule has 3 fully saturated rings. The fraction of sp³-hybridized carbons (Fsp3) is 0.617. The molecular formula is C47H68N10O15P2Si2. The molecule has 5 aromatic rings. The third-order valence-electron chi connectivity index (χ3n) is 14.5. The molecule has 414 valence electrons. The average Bonchev–Trinajstić information content (AvgIpc) is 4.15. The Morgan fingerprint density at radius 3 is 2.11 bits per heavy atom. The van der Waals surface area contributed by atoms with Crippen LogP contribution in [0, 0.1) is 11.3 Å². The highest BCUT2D eigenvalue weighted by Gasteiger charge is 2.57. The lowest BCUT2D eigenvalue weighted by Gasteiger charge is -2.41. The molecule has 3 saturated heterocycles. The van der Waals surface area contributed by atoms with Gasteiger partial charge in [-0.1, -0.05) is 59.7 Å². The highest BCUT2D eigenvalue weighted by molar-refractivity contribution is 7.48. The van der Waals surface area contributed by atoms with Crippen LogP contribution in [0.1, 0.15) is 90.0 Å². The van der Waals surface area contributed by atoms with Crippen LogP contribution in [0.3, 0.4) is 0 Å². The van der Waals surface area contributed by atoms with Crippen molar-refractivity contribution in [1.29, 1.82) is 5.26 Å². The smallest absolute Gasteiger partial charge is 0.408 e.